The summed E-state index contributed by atoms with van der Waals surface area (Å²) >= 11 is 1.76. The molecule has 0 radical (unpaired) electrons. The molecule has 0 fully saturated rings. The Kier molecular flexibility index (Phi) is 4.69. The van der Waals surface area contributed by atoms with Crippen LogP contribution in [-0.4, -0.2) is 16.3 Å². The van der Waals surface area contributed by atoms with Crippen molar-refractivity contribution in [2.24, 2.45) is 0 Å². The fourth-order valence-corrected chi connectivity index (χ4v) is 2.42. The lowest BCUT2D eigenvalue weighted by atomic mass is 10.2. The van der Waals surface area contributed by atoms with E-state index in [0.29, 0.717) is 10.8 Å². The van der Waals surface area contributed by atoms with Gasteiger partial charge in [0, 0.05) is 10.1 Å². The minimum Gasteiger partial charge on any atom is -0.478 e. The summed E-state index contributed by atoms with van der Waals surface area (Å²) in [5.41, 5.74) is 0.367. The molecule has 0 spiro atoms. The summed E-state index contributed by atoms with van der Waals surface area (Å²) in [6, 6.07) is 7.13. The molecule has 1 rings (SSSR count). The molecule has 0 aliphatic heterocycles. The molecule has 1 aromatic carbocycles. The van der Waals surface area contributed by atoms with Gasteiger partial charge in [0.15, 0.2) is 0 Å². The van der Waals surface area contributed by atoms with Gasteiger partial charge in [-0.3, -0.25) is 0 Å². The van der Waals surface area contributed by atoms with Crippen LogP contribution in [0, 0.1) is 0 Å². The highest BCUT2D eigenvalue weighted by Gasteiger charge is 2.08. The zero-order valence-corrected chi connectivity index (χ0v) is 9.88. The van der Waals surface area contributed by atoms with Crippen molar-refractivity contribution in [1.29, 1.82) is 0 Å². The normalized spacial score (nSPS) is 10.6. The Balaban J connectivity index is 2.77. The summed E-state index contributed by atoms with van der Waals surface area (Å²) in [5.74, 6) is -0.859. The first-order valence-electron chi connectivity index (χ1n) is 5.17. The molecule has 0 unspecified atom stereocenters. The monoisotopic (exact) mass is 224 g/mol. The average molecular weight is 224 g/mol. The maximum atomic E-state index is 10.8. The Morgan fingerprint density at radius 1 is 1.40 bits per heavy atom. The summed E-state index contributed by atoms with van der Waals surface area (Å²) in [6.45, 7) is 4.31. The molecule has 82 valence electrons. The average Bonchev–Trinajstić information content (AvgIpc) is 2.26. The van der Waals surface area contributed by atoms with Gasteiger partial charge in [-0.25, -0.2) is 4.79 Å². The van der Waals surface area contributed by atoms with Gasteiger partial charge in [-0.05, 0) is 31.0 Å². The van der Waals surface area contributed by atoms with E-state index in [1.165, 1.54) is 0 Å². The van der Waals surface area contributed by atoms with E-state index in [1.54, 1.807) is 30.0 Å². The van der Waals surface area contributed by atoms with Crippen molar-refractivity contribution in [3.63, 3.8) is 0 Å². The van der Waals surface area contributed by atoms with Gasteiger partial charge >= 0.3 is 5.97 Å². The molecule has 1 N–H and O–H groups in total. The van der Waals surface area contributed by atoms with E-state index >= 15 is 0 Å². The highest BCUT2D eigenvalue weighted by atomic mass is 32.2. The van der Waals surface area contributed by atoms with E-state index in [0.717, 1.165) is 17.7 Å². The predicted octanol–water partition coefficient (Wildman–Crippen LogP) is 3.67. The van der Waals surface area contributed by atoms with Crippen LogP contribution in [0.3, 0.4) is 0 Å². The lowest BCUT2D eigenvalue weighted by Crippen LogP contribution is -1.99. The van der Waals surface area contributed by atoms with Gasteiger partial charge in [0.1, 0.15) is 0 Å². The molecule has 3 heteroatoms. The largest absolute Gasteiger partial charge is 0.478 e. The number of hydrogen-bond donors (Lipinski definition) is 1. The highest BCUT2D eigenvalue weighted by molar-refractivity contribution is 8.00. The second-order valence-corrected chi connectivity index (χ2v) is 4.76. The zero-order chi connectivity index (χ0) is 11.3. The fraction of sp³-hybridized carbons (Fsp3) is 0.417. The third-order valence-electron chi connectivity index (χ3n) is 2.29. The maximum Gasteiger partial charge on any atom is 0.335 e. The summed E-state index contributed by atoms with van der Waals surface area (Å²) in [7, 11) is 0. The SMILES string of the molecule is CCC(CC)Sc1cccc(C(=O)O)c1. The van der Waals surface area contributed by atoms with E-state index in [2.05, 4.69) is 13.8 Å². The summed E-state index contributed by atoms with van der Waals surface area (Å²) in [6.07, 6.45) is 2.22. The van der Waals surface area contributed by atoms with Crippen LogP contribution in [0.15, 0.2) is 29.2 Å². The van der Waals surface area contributed by atoms with E-state index in [9.17, 15) is 4.79 Å². The van der Waals surface area contributed by atoms with Crippen molar-refractivity contribution in [3.05, 3.63) is 29.8 Å². The van der Waals surface area contributed by atoms with Crippen molar-refractivity contribution in [2.75, 3.05) is 0 Å². The van der Waals surface area contributed by atoms with E-state index in [1.807, 2.05) is 6.07 Å². The molecular formula is C12H16O2S. The van der Waals surface area contributed by atoms with Gasteiger partial charge in [-0.2, -0.15) is 0 Å². The first-order chi connectivity index (χ1) is 7.17. The summed E-state index contributed by atoms with van der Waals surface area (Å²) in [5, 5.41) is 9.43. The second kappa shape index (κ2) is 5.81. The van der Waals surface area contributed by atoms with Gasteiger partial charge < -0.3 is 5.11 Å². The van der Waals surface area contributed by atoms with Crippen molar-refractivity contribution in [2.45, 2.75) is 36.8 Å². The van der Waals surface area contributed by atoms with Crippen molar-refractivity contribution in [3.8, 4) is 0 Å². The Labute approximate surface area is 94.7 Å². The van der Waals surface area contributed by atoms with Crippen LogP contribution >= 0.6 is 11.8 Å². The number of carbonyl (C=O) groups is 1. The van der Waals surface area contributed by atoms with Crippen LogP contribution in [0.1, 0.15) is 37.0 Å². The molecule has 0 aromatic heterocycles. The van der Waals surface area contributed by atoms with Crippen LogP contribution < -0.4 is 0 Å². The molecule has 15 heavy (non-hydrogen) atoms. The van der Waals surface area contributed by atoms with Crippen molar-refractivity contribution >= 4 is 17.7 Å². The van der Waals surface area contributed by atoms with Crippen LogP contribution in [0.5, 0.6) is 0 Å². The van der Waals surface area contributed by atoms with Gasteiger partial charge in [-0.15, -0.1) is 11.8 Å². The summed E-state index contributed by atoms with van der Waals surface area (Å²) < 4.78 is 0. The van der Waals surface area contributed by atoms with Crippen LogP contribution in [0.25, 0.3) is 0 Å². The fourth-order valence-electron chi connectivity index (χ4n) is 1.35. The molecule has 1 aromatic rings. The minimum absolute atomic E-state index is 0.367. The Morgan fingerprint density at radius 3 is 2.60 bits per heavy atom. The van der Waals surface area contributed by atoms with Crippen molar-refractivity contribution < 1.29 is 9.90 Å². The number of rotatable bonds is 5. The standard InChI is InChI=1S/C12H16O2S/c1-3-10(4-2)15-11-7-5-6-9(8-11)12(13)14/h5-8,10H,3-4H2,1-2H3,(H,13,14). The summed E-state index contributed by atoms with van der Waals surface area (Å²) in [4.78, 5) is 11.8. The smallest absolute Gasteiger partial charge is 0.335 e. The lowest BCUT2D eigenvalue weighted by Gasteiger charge is -2.11. The first kappa shape index (κ1) is 12.1. The quantitative estimate of drug-likeness (QED) is 0.775. The topological polar surface area (TPSA) is 37.3 Å². The molecule has 0 atom stereocenters. The van der Waals surface area contributed by atoms with Gasteiger partial charge in [0.2, 0.25) is 0 Å². The molecule has 0 bridgehead atoms. The molecule has 0 aliphatic rings. The molecule has 0 saturated heterocycles. The van der Waals surface area contributed by atoms with Gasteiger partial charge in [0.25, 0.3) is 0 Å². The van der Waals surface area contributed by atoms with E-state index in [4.69, 9.17) is 5.11 Å². The van der Waals surface area contributed by atoms with Gasteiger partial charge in [-0.1, -0.05) is 19.9 Å². The zero-order valence-electron chi connectivity index (χ0n) is 9.06. The van der Waals surface area contributed by atoms with Gasteiger partial charge in [0.05, 0.1) is 5.56 Å². The number of aromatic carboxylic acids is 1. The number of benzene rings is 1. The van der Waals surface area contributed by atoms with Crippen LogP contribution in [0.4, 0.5) is 0 Å². The highest BCUT2D eigenvalue weighted by Crippen LogP contribution is 2.27. The third-order valence-corrected chi connectivity index (χ3v) is 3.82. The minimum atomic E-state index is -0.859. The Morgan fingerprint density at radius 2 is 2.07 bits per heavy atom. The Hall–Kier alpha value is -0.960. The maximum absolute atomic E-state index is 10.8. The molecule has 2 nitrogen and oxygen atoms in total. The number of hydrogen-bond acceptors (Lipinski definition) is 2. The molecule has 0 aliphatic carbocycles. The predicted molar refractivity (Wildman–Crippen MR) is 63.6 cm³/mol. The number of carboxylic acid groups (broad SMARTS) is 1. The molecule has 0 saturated carbocycles. The number of thioether (sulfide) groups is 1. The van der Waals surface area contributed by atoms with Crippen LogP contribution in [-0.2, 0) is 0 Å². The Bertz CT molecular complexity index is 332. The van der Waals surface area contributed by atoms with Crippen LogP contribution in [0.2, 0.25) is 0 Å². The van der Waals surface area contributed by atoms with E-state index < -0.39 is 5.97 Å². The van der Waals surface area contributed by atoms with E-state index in [-0.39, 0.29) is 0 Å². The molecule has 0 amide bonds. The lowest BCUT2D eigenvalue weighted by molar-refractivity contribution is 0.0696. The molecule has 0 heterocycles. The third kappa shape index (κ3) is 3.59. The number of carboxylic acids is 1. The van der Waals surface area contributed by atoms with Crippen molar-refractivity contribution in [1.82, 2.24) is 0 Å². The molecular weight excluding hydrogens is 208 g/mol. The second-order valence-electron chi connectivity index (χ2n) is 3.39. The first-order valence-corrected chi connectivity index (χ1v) is 6.05.